The second-order valence-corrected chi connectivity index (χ2v) is 14.4. The second-order valence-electron chi connectivity index (χ2n) is 14.4. The summed E-state index contributed by atoms with van der Waals surface area (Å²) in [6, 6.07) is 63.3. The van der Waals surface area contributed by atoms with Crippen molar-refractivity contribution in [2.24, 2.45) is 0 Å². The summed E-state index contributed by atoms with van der Waals surface area (Å²) < 4.78 is 4.17. The molecule has 10 heteroatoms. The first-order valence-electron chi connectivity index (χ1n) is 19.6. The van der Waals surface area contributed by atoms with E-state index in [2.05, 4.69) is 87.0 Å². The van der Waals surface area contributed by atoms with Crippen molar-refractivity contribution >= 4 is 33.9 Å². The van der Waals surface area contributed by atoms with Crippen LogP contribution in [0, 0.1) is 11.3 Å². The van der Waals surface area contributed by atoms with Crippen LogP contribution in [0.15, 0.2) is 218 Å². The van der Waals surface area contributed by atoms with Crippen molar-refractivity contribution in [2.75, 3.05) is 9.80 Å². The van der Waals surface area contributed by atoms with Crippen molar-refractivity contribution in [2.45, 2.75) is 0 Å². The molecule has 0 fully saturated rings. The Labute approximate surface area is 367 Å². The summed E-state index contributed by atoms with van der Waals surface area (Å²) in [5, 5.41) is 22.2. The first kappa shape index (κ1) is 37.4. The van der Waals surface area contributed by atoms with Crippen molar-refractivity contribution in [1.29, 1.82) is 5.26 Å². The maximum absolute atomic E-state index is 11.3. The van der Waals surface area contributed by atoms with Gasteiger partial charge in [0, 0.05) is 46.3 Å². The molecule has 0 radical (unpaired) electrons. The fourth-order valence-corrected chi connectivity index (χ4v) is 8.01. The molecule has 5 heterocycles. The third-order valence-electron chi connectivity index (χ3n) is 10.7. The van der Waals surface area contributed by atoms with Crippen LogP contribution >= 0.6 is 0 Å². The number of nitriles is 1. The van der Waals surface area contributed by atoms with E-state index in [1.165, 1.54) is 0 Å². The predicted octanol–water partition coefficient (Wildman–Crippen LogP) is 11.5. The second kappa shape index (κ2) is 15.7. The number of imidazole rings is 2. The van der Waals surface area contributed by atoms with Crippen molar-refractivity contribution in [3.8, 4) is 17.4 Å². The van der Waals surface area contributed by atoms with E-state index in [1.54, 1.807) is 0 Å². The zero-order valence-electron chi connectivity index (χ0n) is 32.4. The quantitative estimate of drug-likeness (QED) is 0.165. The van der Waals surface area contributed by atoms with Gasteiger partial charge in [0.25, 0.3) is 0 Å². The maximum Gasteiger partial charge on any atom is 2.00 e. The molecule has 11 rings (SSSR count). The van der Waals surface area contributed by atoms with Crippen LogP contribution in [0.5, 0.6) is 0 Å². The van der Waals surface area contributed by atoms with Gasteiger partial charge in [-0.3, -0.25) is 9.13 Å². The molecule has 8 aromatic rings. The van der Waals surface area contributed by atoms with E-state index in [-0.39, 0.29) is 21.1 Å². The van der Waals surface area contributed by atoms with E-state index in [9.17, 15) is 5.26 Å². The number of fused-ring (bicyclic) bond motifs is 10. The molecule has 0 N–H and O–H groups in total. The molecule has 0 amide bonds. The Kier molecular flexibility index (Phi) is 9.60. The fourth-order valence-electron chi connectivity index (χ4n) is 8.01. The third kappa shape index (κ3) is 6.47. The number of anilines is 2. The van der Waals surface area contributed by atoms with Crippen LogP contribution in [0.4, 0.5) is 11.4 Å². The standard InChI is InChI=1S/C51H33N9.Pt/c52-31-44-47-43-34-59(39-27-15-5-16-28-39)49(55-43)45(35-19-7-1-8-20-35)48-53-41(32-57(48)37-23-11-3-12-24-37)42-33-58(38-25-13-4-14-26-38)50(54-42)46(36-21-9-2-10-22-36)51(56-47)60(44)40-29-17-6-18-30-40;/h1-30,32-34H;/q-2;+2. The van der Waals surface area contributed by atoms with Gasteiger partial charge in [-0.1, -0.05) is 164 Å². The Bertz CT molecular complexity index is 3070. The van der Waals surface area contributed by atoms with Crippen LogP contribution in [0.3, 0.4) is 0 Å². The number of para-hydroxylation sites is 4. The number of hydrogen-bond acceptors (Lipinski definition) is 5. The van der Waals surface area contributed by atoms with Gasteiger partial charge in [-0.2, -0.15) is 5.26 Å². The molecule has 3 aliphatic rings. The molecular formula is C51H33N9Pt. The number of benzene rings is 6. The molecule has 292 valence electrons. The molecule has 0 spiro atoms. The SMILES string of the molecule is N#CC1=C2[N-]C(=C(c3ccccc3)c3nc(cn3-c3ccccc3)C3=CN(c4ccccc4)C(=C(c4ccccc4)c4nc2cn4-c2ccccc2)[N-]3)N1c1ccccc1.[Pt+2]. The fraction of sp³-hybridized carbons (Fsp3) is 0. The van der Waals surface area contributed by atoms with E-state index in [0.717, 1.165) is 45.0 Å². The molecule has 0 saturated carbocycles. The summed E-state index contributed by atoms with van der Waals surface area (Å²) in [5.74, 6) is 2.49. The maximum atomic E-state index is 11.3. The van der Waals surface area contributed by atoms with Gasteiger partial charge < -0.3 is 20.4 Å². The van der Waals surface area contributed by atoms with Crippen LogP contribution < -0.4 is 9.80 Å². The number of nitrogens with zero attached hydrogens (tertiary/aromatic N) is 9. The topological polar surface area (TPSA) is 94.1 Å². The van der Waals surface area contributed by atoms with Crippen LogP contribution in [0.1, 0.15) is 34.2 Å². The summed E-state index contributed by atoms with van der Waals surface area (Å²) in [6.45, 7) is 0. The zero-order valence-corrected chi connectivity index (χ0v) is 34.7. The third-order valence-corrected chi connectivity index (χ3v) is 10.7. The van der Waals surface area contributed by atoms with Gasteiger partial charge in [0.15, 0.2) is 0 Å². The summed E-state index contributed by atoms with van der Waals surface area (Å²) in [7, 11) is 0. The normalized spacial score (nSPS) is 14.2. The number of allylic oxidation sites excluding steroid dienone is 1. The van der Waals surface area contributed by atoms with Crippen LogP contribution in [-0.4, -0.2) is 19.1 Å². The Morgan fingerprint density at radius 3 is 1.39 bits per heavy atom. The van der Waals surface area contributed by atoms with E-state index in [4.69, 9.17) is 20.6 Å². The Morgan fingerprint density at radius 1 is 0.459 bits per heavy atom. The Morgan fingerprint density at radius 2 is 0.885 bits per heavy atom. The van der Waals surface area contributed by atoms with E-state index in [1.807, 2.05) is 139 Å². The number of aromatic nitrogens is 4. The van der Waals surface area contributed by atoms with E-state index >= 15 is 0 Å². The first-order chi connectivity index (χ1) is 29.7. The van der Waals surface area contributed by atoms with Crippen molar-refractivity contribution in [3.05, 3.63) is 263 Å². The molecule has 2 aromatic heterocycles. The molecule has 0 aliphatic carbocycles. The minimum absolute atomic E-state index is 0. The molecule has 3 aliphatic heterocycles. The molecule has 0 saturated heterocycles. The number of rotatable bonds is 6. The Balaban J connectivity index is 0.00000445. The molecular weight excluding hydrogens is 934 g/mol. The first-order valence-corrected chi connectivity index (χ1v) is 19.6. The molecule has 6 aromatic carbocycles. The van der Waals surface area contributed by atoms with Crippen LogP contribution in [0.2, 0.25) is 0 Å². The minimum Gasteiger partial charge on any atom is -0.434 e. The predicted molar refractivity (Wildman–Crippen MR) is 237 cm³/mol. The van der Waals surface area contributed by atoms with E-state index in [0.29, 0.717) is 51.8 Å². The van der Waals surface area contributed by atoms with Gasteiger partial charge in [0.2, 0.25) is 0 Å². The van der Waals surface area contributed by atoms with Crippen molar-refractivity contribution in [3.63, 3.8) is 0 Å². The van der Waals surface area contributed by atoms with Crippen molar-refractivity contribution < 1.29 is 21.1 Å². The van der Waals surface area contributed by atoms with E-state index < -0.39 is 0 Å². The van der Waals surface area contributed by atoms with Gasteiger partial charge >= 0.3 is 21.1 Å². The van der Waals surface area contributed by atoms with Crippen LogP contribution in [-0.2, 0) is 21.1 Å². The summed E-state index contributed by atoms with van der Waals surface area (Å²) in [6.07, 6.45) is 6.09. The van der Waals surface area contributed by atoms with Crippen molar-refractivity contribution in [1.82, 2.24) is 19.1 Å². The summed E-state index contributed by atoms with van der Waals surface area (Å²) in [5.41, 5.74) is 9.48. The summed E-state index contributed by atoms with van der Waals surface area (Å²) >= 11 is 0. The largest absolute Gasteiger partial charge is 2.00 e. The van der Waals surface area contributed by atoms with Crippen LogP contribution in [0.25, 0.3) is 44.5 Å². The molecule has 8 bridgehead atoms. The average Bonchev–Trinajstić information content (AvgIpc) is 4.13. The monoisotopic (exact) mass is 966 g/mol. The molecule has 0 atom stereocenters. The average molecular weight is 967 g/mol. The van der Waals surface area contributed by atoms with Gasteiger partial charge in [-0.25, -0.2) is 9.97 Å². The zero-order chi connectivity index (χ0) is 40.0. The van der Waals surface area contributed by atoms with Gasteiger partial charge in [-0.05, 0) is 64.1 Å². The van der Waals surface area contributed by atoms with Gasteiger partial charge in [-0.15, -0.1) is 0 Å². The summed E-state index contributed by atoms with van der Waals surface area (Å²) in [4.78, 5) is 15.0. The molecule has 9 nitrogen and oxygen atoms in total. The number of hydrogen-bond donors (Lipinski definition) is 0. The van der Waals surface area contributed by atoms with Gasteiger partial charge in [0.05, 0.1) is 17.5 Å². The molecule has 0 unspecified atom stereocenters. The Hall–Kier alpha value is -7.92. The minimum atomic E-state index is 0. The molecule has 61 heavy (non-hydrogen) atoms. The van der Waals surface area contributed by atoms with Gasteiger partial charge in [0.1, 0.15) is 11.6 Å². The smallest absolute Gasteiger partial charge is 0.434 e.